The van der Waals surface area contributed by atoms with E-state index in [2.05, 4.69) is 21.2 Å². The van der Waals surface area contributed by atoms with Gasteiger partial charge in [-0.2, -0.15) is 0 Å². The Balaban J connectivity index is 2.30. The molecule has 2 aromatic rings. The minimum absolute atomic E-state index is 0.0562. The summed E-state index contributed by atoms with van der Waals surface area (Å²) in [5, 5.41) is 13.7. The van der Waals surface area contributed by atoms with Gasteiger partial charge >= 0.3 is 0 Å². The molecule has 0 aliphatic carbocycles. The van der Waals surface area contributed by atoms with E-state index in [4.69, 9.17) is 11.6 Å². The SMILES string of the molecule is Cc1cc(Br)c(NC(C)c2cc(F)ccc2O)cc1Cl. The molecule has 0 radical (unpaired) electrons. The zero-order chi connectivity index (χ0) is 14.9. The second-order valence-electron chi connectivity index (χ2n) is 4.65. The van der Waals surface area contributed by atoms with E-state index in [1.165, 1.54) is 18.2 Å². The number of aromatic hydroxyl groups is 1. The Hall–Kier alpha value is -1.26. The summed E-state index contributed by atoms with van der Waals surface area (Å²) < 4.78 is 14.1. The minimum atomic E-state index is -0.382. The van der Waals surface area contributed by atoms with Gasteiger partial charge in [0.2, 0.25) is 0 Å². The van der Waals surface area contributed by atoms with Gasteiger partial charge in [0.25, 0.3) is 0 Å². The fourth-order valence-corrected chi connectivity index (χ4v) is 2.68. The molecule has 2 aromatic carbocycles. The van der Waals surface area contributed by atoms with E-state index in [9.17, 15) is 9.50 Å². The van der Waals surface area contributed by atoms with Crippen molar-refractivity contribution < 1.29 is 9.50 Å². The van der Waals surface area contributed by atoms with Gasteiger partial charge in [0.05, 0.1) is 11.7 Å². The van der Waals surface area contributed by atoms with E-state index < -0.39 is 0 Å². The van der Waals surface area contributed by atoms with Gasteiger partial charge in [-0.25, -0.2) is 4.39 Å². The second kappa shape index (κ2) is 6.02. The van der Waals surface area contributed by atoms with Crippen molar-refractivity contribution in [1.82, 2.24) is 0 Å². The average Bonchev–Trinajstić information content (AvgIpc) is 2.38. The lowest BCUT2D eigenvalue weighted by molar-refractivity contribution is 0.462. The Kier molecular flexibility index (Phi) is 4.55. The third-order valence-corrected chi connectivity index (χ3v) is 4.14. The third kappa shape index (κ3) is 3.25. The molecule has 0 heterocycles. The van der Waals surface area contributed by atoms with Crippen LogP contribution in [0.5, 0.6) is 5.75 Å². The highest BCUT2D eigenvalue weighted by Crippen LogP contribution is 2.33. The van der Waals surface area contributed by atoms with Crippen LogP contribution in [0.4, 0.5) is 10.1 Å². The number of halogens is 3. The van der Waals surface area contributed by atoms with Crippen molar-refractivity contribution >= 4 is 33.2 Å². The highest BCUT2D eigenvalue weighted by molar-refractivity contribution is 9.10. The molecule has 2 rings (SSSR count). The lowest BCUT2D eigenvalue weighted by Gasteiger charge is -2.18. The summed E-state index contributed by atoms with van der Waals surface area (Å²) >= 11 is 9.56. The van der Waals surface area contributed by atoms with Gasteiger partial charge in [-0.3, -0.25) is 0 Å². The van der Waals surface area contributed by atoms with E-state index in [1.807, 2.05) is 19.9 Å². The van der Waals surface area contributed by atoms with E-state index in [-0.39, 0.29) is 17.6 Å². The molecular weight excluding hydrogens is 345 g/mol. The van der Waals surface area contributed by atoms with Gasteiger partial charge in [-0.15, -0.1) is 0 Å². The fourth-order valence-electron chi connectivity index (χ4n) is 1.94. The van der Waals surface area contributed by atoms with Crippen LogP contribution in [0.1, 0.15) is 24.1 Å². The molecule has 0 aromatic heterocycles. The molecule has 20 heavy (non-hydrogen) atoms. The lowest BCUT2D eigenvalue weighted by atomic mass is 10.1. The molecule has 5 heteroatoms. The third-order valence-electron chi connectivity index (χ3n) is 3.08. The van der Waals surface area contributed by atoms with Crippen LogP contribution >= 0.6 is 27.5 Å². The number of hydrogen-bond acceptors (Lipinski definition) is 2. The summed E-state index contributed by atoms with van der Waals surface area (Å²) in [7, 11) is 0. The molecule has 2 nitrogen and oxygen atoms in total. The monoisotopic (exact) mass is 357 g/mol. The largest absolute Gasteiger partial charge is 0.508 e. The number of phenolic OH excluding ortho intramolecular Hbond substituents is 1. The summed E-state index contributed by atoms with van der Waals surface area (Å²) in [5.41, 5.74) is 2.25. The standard InChI is InChI=1S/C15H14BrClFNO/c1-8-5-12(16)14(7-13(8)17)19-9(2)11-6-10(18)3-4-15(11)20/h3-7,9,19-20H,1-2H3. The van der Waals surface area contributed by atoms with Crippen molar-refractivity contribution in [1.29, 1.82) is 0 Å². The maximum Gasteiger partial charge on any atom is 0.123 e. The van der Waals surface area contributed by atoms with Gasteiger partial charge in [-0.1, -0.05) is 11.6 Å². The Morgan fingerprint density at radius 1 is 1.30 bits per heavy atom. The summed E-state index contributed by atoms with van der Waals surface area (Å²) in [5.74, 6) is -0.326. The number of hydrogen-bond donors (Lipinski definition) is 2. The molecule has 0 aliphatic heterocycles. The fraction of sp³-hybridized carbons (Fsp3) is 0.200. The van der Waals surface area contributed by atoms with E-state index in [0.717, 1.165) is 15.7 Å². The van der Waals surface area contributed by atoms with Crippen LogP contribution in [0, 0.1) is 12.7 Å². The van der Waals surface area contributed by atoms with Gasteiger partial charge in [0.15, 0.2) is 0 Å². The maximum absolute atomic E-state index is 13.3. The van der Waals surface area contributed by atoms with Crippen molar-refractivity contribution in [2.75, 3.05) is 5.32 Å². The molecule has 0 amide bonds. The highest BCUT2D eigenvalue weighted by atomic mass is 79.9. The van der Waals surface area contributed by atoms with Crippen molar-refractivity contribution in [3.8, 4) is 5.75 Å². The molecule has 0 fully saturated rings. The zero-order valence-corrected chi connectivity index (χ0v) is 13.4. The van der Waals surface area contributed by atoms with Crippen molar-refractivity contribution in [2.45, 2.75) is 19.9 Å². The number of aryl methyl sites for hydroxylation is 1. The Morgan fingerprint density at radius 2 is 2.00 bits per heavy atom. The number of benzene rings is 2. The van der Waals surface area contributed by atoms with E-state index in [1.54, 1.807) is 6.07 Å². The smallest absolute Gasteiger partial charge is 0.123 e. The first kappa shape index (κ1) is 15.1. The summed E-state index contributed by atoms with van der Waals surface area (Å²) in [6.45, 7) is 3.76. The first-order valence-electron chi connectivity index (χ1n) is 6.09. The molecule has 0 aliphatic rings. The second-order valence-corrected chi connectivity index (χ2v) is 5.91. The van der Waals surface area contributed by atoms with Crippen LogP contribution in [0.25, 0.3) is 0 Å². The van der Waals surface area contributed by atoms with Crippen LogP contribution in [0.3, 0.4) is 0 Å². The first-order valence-corrected chi connectivity index (χ1v) is 7.26. The molecule has 0 saturated carbocycles. The van der Waals surface area contributed by atoms with Gasteiger partial charge in [-0.05, 0) is 65.7 Å². The van der Waals surface area contributed by atoms with Gasteiger partial charge < -0.3 is 10.4 Å². The molecule has 2 N–H and O–H groups in total. The number of nitrogens with one attached hydrogen (secondary N) is 1. The van der Waals surface area contributed by atoms with Gasteiger partial charge in [0, 0.05) is 15.1 Å². The number of anilines is 1. The molecular formula is C15H14BrClFNO. The molecule has 0 spiro atoms. The minimum Gasteiger partial charge on any atom is -0.508 e. The molecule has 1 atom stereocenters. The summed E-state index contributed by atoms with van der Waals surface area (Å²) in [6.07, 6.45) is 0. The Bertz CT molecular complexity index is 648. The highest BCUT2D eigenvalue weighted by Gasteiger charge is 2.13. The van der Waals surface area contributed by atoms with Crippen molar-refractivity contribution in [3.05, 3.63) is 56.8 Å². The van der Waals surface area contributed by atoms with E-state index in [0.29, 0.717) is 10.6 Å². The summed E-state index contributed by atoms with van der Waals surface area (Å²) in [4.78, 5) is 0. The molecule has 106 valence electrons. The van der Waals surface area contributed by atoms with Crippen LogP contribution in [-0.2, 0) is 0 Å². The van der Waals surface area contributed by atoms with Crippen LogP contribution in [-0.4, -0.2) is 5.11 Å². The van der Waals surface area contributed by atoms with Crippen LogP contribution < -0.4 is 5.32 Å². The van der Waals surface area contributed by atoms with Crippen molar-refractivity contribution in [3.63, 3.8) is 0 Å². The Morgan fingerprint density at radius 3 is 2.70 bits per heavy atom. The maximum atomic E-state index is 13.3. The van der Waals surface area contributed by atoms with E-state index >= 15 is 0 Å². The average molecular weight is 359 g/mol. The van der Waals surface area contributed by atoms with Crippen LogP contribution in [0.2, 0.25) is 5.02 Å². The number of rotatable bonds is 3. The molecule has 0 bridgehead atoms. The quantitative estimate of drug-likeness (QED) is 0.767. The van der Waals surface area contributed by atoms with Crippen LogP contribution in [0.15, 0.2) is 34.8 Å². The van der Waals surface area contributed by atoms with Crippen molar-refractivity contribution in [2.24, 2.45) is 0 Å². The lowest BCUT2D eigenvalue weighted by Crippen LogP contribution is -2.08. The topological polar surface area (TPSA) is 32.3 Å². The zero-order valence-electron chi connectivity index (χ0n) is 11.0. The normalized spacial score (nSPS) is 12.2. The molecule has 1 unspecified atom stereocenters. The predicted octanol–water partition coefficient (Wildman–Crippen LogP) is 5.43. The molecule has 0 saturated heterocycles. The summed E-state index contributed by atoms with van der Waals surface area (Å²) in [6, 6.07) is 7.33. The predicted molar refractivity (Wildman–Crippen MR) is 84.0 cm³/mol. The van der Waals surface area contributed by atoms with Gasteiger partial charge in [0.1, 0.15) is 11.6 Å². The Labute approximate surface area is 130 Å². The first-order chi connectivity index (χ1) is 9.38. The number of phenols is 1.